The van der Waals surface area contributed by atoms with E-state index in [2.05, 4.69) is 33.0 Å². The zero-order valence-electron chi connectivity index (χ0n) is 11.9. The van der Waals surface area contributed by atoms with E-state index in [1.54, 1.807) is 6.21 Å². The summed E-state index contributed by atoms with van der Waals surface area (Å²) in [5.74, 6) is 0. The number of nitrogens with one attached hydrogen (secondary N) is 3. The van der Waals surface area contributed by atoms with E-state index in [4.69, 9.17) is 12.2 Å². The van der Waals surface area contributed by atoms with Crippen LogP contribution in [0.15, 0.2) is 35.6 Å². The third kappa shape index (κ3) is 3.61. The van der Waals surface area contributed by atoms with Crippen molar-refractivity contribution in [2.45, 2.75) is 38.1 Å². The Morgan fingerprint density at radius 1 is 1.24 bits per heavy atom. The number of thiocarbonyl (C=S) groups is 1. The van der Waals surface area contributed by atoms with Crippen LogP contribution in [0.3, 0.4) is 0 Å². The van der Waals surface area contributed by atoms with Crippen molar-refractivity contribution >= 4 is 34.4 Å². The van der Waals surface area contributed by atoms with E-state index < -0.39 is 0 Å². The van der Waals surface area contributed by atoms with Gasteiger partial charge in [-0.2, -0.15) is 5.10 Å². The molecule has 1 aromatic carbocycles. The van der Waals surface area contributed by atoms with E-state index in [1.165, 1.54) is 32.1 Å². The van der Waals surface area contributed by atoms with Crippen molar-refractivity contribution in [3.63, 3.8) is 0 Å². The van der Waals surface area contributed by atoms with Gasteiger partial charge in [0, 0.05) is 28.7 Å². The SMILES string of the molecule is S=C(NN=Cc1c[nH]c2ccccc12)NC1CCCCC1. The number of hydrogen-bond donors (Lipinski definition) is 3. The average molecular weight is 300 g/mol. The molecule has 3 rings (SSSR count). The molecular weight excluding hydrogens is 280 g/mol. The van der Waals surface area contributed by atoms with Crippen LogP contribution in [0.4, 0.5) is 0 Å². The monoisotopic (exact) mass is 300 g/mol. The normalized spacial score (nSPS) is 16.4. The molecule has 1 heterocycles. The fourth-order valence-corrected chi connectivity index (χ4v) is 3.05. The van der Waals surface area contributed by atoms with Crippen LogP contribution in [0, 0.1) is 0 Å². The van der Waals surface area contributed by atoms with E-state index in [9.17, 15) is 0 Å². The first-order chi connectivity index (χ1) is 10.3. The van der Waals surface area contributed by atoms with Gasteiger partial charge >= 0.3 is 0 Å². The number of aromatic nitrogens is 1. The van der Waals surface area contributed by atoms with Gasteiger partial charge in [-0.1, -0.05) is 37.5 Å². The lowest BCUT2D eigenvalue weighted by Gasteiger charge is -2.23. The number of hydrazone groups is 1. The molecule has 0 atom stereocenters. The number of nitrogens with zero attached hydrogens (tertiary/aromatic N) is 1. The number of benzene rings is 1. The van der Waals surface area contributed by atoms with Crippen LogP contribution in [0.25, 0.3) is 10.9 Å². The summed E-state index contributed by atoms with van der Waals surface area (Å²) in [6, 6.07) is 8.67. The third-order valence-electron chi connectivity index (χ3n) is 3.93. The molecule has 0 unspecified atom stereocenters. The van der Waals surface area contributed by atoms with Gasteiger partial charge in [0.25, 0.3) is 0 Å². The Kier molecular flexibility index (Phi) is 4.50. The van der Waals surface area contributed by atoms with Gasteiger partial charge in [-0.25, -0.2) is 0 Å². The van der Waals surface area contributed by atoms with E-state index in [1.807, 2.05) is 18.3 Å². The second-order valence-electron chi connectivity index (χ2n) is 5.47. The molecule has 1 aliphatic rings. The summed E-state index contributed by atoms with van der Waals surface area (Å²) in [5, 5.41) is 9.34. The van der Waals surface area contributed by atoms with Gasteiger partial charge in [0.15, 0.2) is 5.11 Å². The van der Waals surface area contributed by atoms with Crippen molar-refractivity contribution in [2.24, 2.45) is 5.10 Å². The van der Waals surface area contributed by atoms with E-state index in [-0.39, 0.29) is 0 Å². The summed E-state index contributed by atoms with van der Waals surface area (Å²) in [7, 11) is 0. The van der Waals surface area contributed by atoms with E-state index >= 15 is 0 Å². The topological polar surface area (TPSA) is 52.2 Å². The summed E-state index contributed by atoms with van der Waals surface area (Å²) in [5.41, 5.74) is 5.08. The molecular formula is C16H20N4S. The van der Waals surface area contributed by atoms with Gasteiger partial charge in [-0.15, -0.1) is 0 Å². The molecule has 0 bridgehead atoms. The van der Waals surface area contributed by atoms with Crippen molar-refractivity contribution in [3.05, 3.63) is 36.0 Å². The number of rotatable bonds is 3. The number of para-hydroxylation sites is 1. The van der Waals surface area contributed by atoms with E-state index in [0.29, 0.717) is 11.2 Å². The van der Waals surface area contributed by atoms with Crippen molar-refractivity contribution in [3.8, 4) is 0 Å². The number of H-pyrrole nitrogens is 1. The summed E-state index contributed by atoms with van der Waals surface area (Å²) < 4.78 is 0. The van der Waals surface area contributed by atoms with Crippen molar-refractivity contribution in [1.82, 2.24) is 15.7 Å². The largest absolute Gasteiger partial charge is 0.361 e. The Balaban J connectivity index is 1.55. The second-order valence-corrected chi connectivity index (χ2v) is 5.88. The van der Waals surface area contributed by atoms with E-state index in [0.717, 1.165) is 16.5 Å². The minimum Gasteiger partial charge on any atom is -0.361 e. The highest BCUT2D eigenvalue weighted by atomic mass is 32.1. The molecule has 5 heteroatoms. The number of hydrogen-bond acceptors (Lipinski definition) is 2. The highest BCUT2D eigenvalue weighted by Gasteiger charge is 2.13. The molecule has 1 aromatic heterocycles. The molecule has 1 aliphatic carbocycles. The summed E-state index contributed by atoms with van der Waals surface area (Å²) in [6.07, 6.45) is 10.1. The van der Waals surface area contributed by atoms with Gasteiger partial charge in [0.1, 0.15) is 0 Å². The molecule has 2 aromatic rings. The highest BCUT2D eigenvalue weighted by molar-refractivity contribution is 7.80. The molecule has 21 heavy (non-hydrogen) atoms. The number of aromatic amines is 1. The molecule has 4 nitrogen and oxygen atoms in total. The lowest BCUT2D eigenvalue weighted by molar-refractivity contribution is 0.412. The molecule has 3 N–H and O–H groups in total. The Morgan fingerprint density at radius 2 is 2.05 bits per heavy atom. The maximum atomic E-state index is 5.28. The summed E-state index contributed by atoms with van der Waals surface area (Å²) >= 11 is 5.28. The smallest absolute Gasteiger partial charge is 0.187 e. The van der Waals surface area contributed by atoms with Crippen LogP contribution in [0.2, 0.25) is 0 Å². The average Bonchev–Trinajstić information content (AvgIpc) is 2.92. The molecule has 1 saturated carbocycles. The molecule has 0 radical (unpaired) electrons. The van der Waals surface area contributed by atoms with Gasteiger partial charge in [0.05, 0.1) is 6.21 Å². The molecule has 110 valence electrons. The first-order valence-corrected chi connectivity index (χ1v) is 7.89. The molecule has 0 aliphatic heterocycles. The standard InChI is InChI=1S/C16H20N4S/c21-16(19-13-6-2-1-3-7-13)20-18-11-12-10-17-15-9-5-4-8-14(12)15/h4-5,8-11,13,17H,1-3,6-7H2,(H2,19,20,21). The quantitative estimate of drug-likeness (QED) is 0.463. The van der Waals surface area contributed by atoms with Crippen LogP contribution in [0.1, 0.15) is 37.7 Å². The maximum absolute atomic E-state index is 5.28. The Morgan fingerprint density at radius 3 is 2.90 bits per heavy atom. The lowest BCUT2D eigenvalue weighted by Crippen LogP contribution is -2.40. The zero-order valence-corrected chi connectivity index (χ0v) is 12.7. The zero-order chi connectivity index (χ0) is 14.5. The maximum Gasteiger partial charge on any atom is 0.187 e. The van der Waals surface area contributed by atoms with Crippen LogP contribution in [-0.2, 0) is 0 Å². The van der Waals surface area contributed by atoms with Gasteiger partial charge in [0.2, 0.25) is 0 Å². The third-order valence-corrected chi connectivity index (χ3v) is 4.14. The van der Waals surface area contributed by atoms with Crippen molar-refractivity contribution < 1.29 is 0 Å². The predicted octanol–water partition coefficient (Wildman–Crippen LogP) is 3.30. The van der Waals surface area contributed by atoms with Crippen LogP contribution in [0.5, 0.6) is 0 Å². The van der Waals surface area contributed by atoms with Crippen LogP contribution < -0.4 is 10.7 Å². The van der Waals surface area contributed by atoms with Crippen molar-refractivity contribution in [2.75, 3.05) is 0 Å². The van der Waals surface area contributed by atoms with Crippen LogP contribution >= 0.6 is 12.2 Å². The van der Waals surface area contributed by atoms with Crippen molar-refractivity contribution in [1.29, 1.82) is 0 Å². The minimum atomic E-state index is 0.502. The lowest BCUT2D eigenvalue weighted by atomic mass is 9.96. The molecule has 0 spiro atoms. The first-order valence-electron chi connectivity index (χ1n) is 7.48. The Hall–Kier alpha value is -1.88. The van der Waals surface area contributed by atoms with Gasteiger partial charge in [-0.05, 0) is 31.1 Å². The molecule has 0 amide bonds. The summed E-state index contributed by atoms with van der Waals surface area (Å²) in [6.45, 7) is 0. The number of fused-ring (bicyclic) bond motifs is 1. The first kappa shape index (κ1) is 14.1. The Labute approximate surface area is 130 Å². The second kappa shape index (κ2) is 6.72. The highest BCUT2D eigenvalue weighted by Crippen LogP contribution is 2.17. The fraction of sp³-hybridized carbons (Fsp3) is 0.375. The Bertz CT molecular complexity index is 641. The van der Waals surface area contributed by atoms with Gasteiger partial charge in [-0.3, -0.25) is 5.43 Å². The van der Waals surface area contributed by atoms with Gasteiger partial charge < -0.3 is 10.3 Å². The molecule has 0 saturated heterocycles. The fourth-order valence-electron chi connectivity index (χ4n) is 2.83. The van der Waals surface area contributed by atoms with Crippen LogP contribution in [-0.4, -0.2) is 22.4 Å². The minimum absolute atomic E-state index is 0.502. The molecule has 1 fully saturated rings. The predicted molar refractivity (Wildman–Crippen MR) is 91.6 cm³/mol. The summed E-state index contributed by atoms with van der Waals surface area (Å²) in [4.78, 5) is 3.22.